The first-order valence-corrected chi connectivity index (χ1v) is 5.12. The van der Waals surface area contributed by atoms with E-state index in [0.717, 1.165) is 5.69 Å². The van der Waals surface area contributed by atoms with E-state index in [2.05, 4.69) is 20.9 Å². The fraction of sp³-hybridized carbons (Fsp3) is 0.444. The summed E-state index contributed by atoms with van der Waals surface area (Å²) in [6, 6.07) is 3.51. The molecule has 2 unspecified atom stereocenters. The summed E-state index contributed by atoms with van der Waals surface area (Å²) in [6.45, 7) is 1.81. The van der Waals surface area contributed by atoms with E-state index in [0.29, 0.717) is 10.9 Å². The van der Waals surface area contributed by atoms with E-state index in [1.54, 1.807) is 25.3 Å². The number of hydrogen-bond donors (Lipinski definition) is 2. The van der Waals surface area contributed by atoms with E-state index in [9.17, 15) is 10.2 Å². The van der Waals surface area contributed by atoms with Crippen LogP contribution in [-0.2, 0) is 0 Å². The Morgan fingerprint density at radius 2 is 2.23 bits per heavy atom. The molecular weight excluding hydrogens is 234 g/mol. The molecule has 0 bridgehead atoms. The zero-order chi connectivity index (χ0) is 9.84. The van der Waals surface area contributed by atoms with Crippen molar-refractivity contribution in [3.05, 3.63) is 29.6 Å². The molecule has 1 heterocycles. The molecule has 1 aromatic heterocycles. The van der Waals surface area contributed by atoms with Gasteiger partial charge in [0.15, 0.2) is 0 Å². The van der Waals surface area contributed by atoms with Crippen LogP contribution in [0.5, 0.6) is 0 Å². The van der Waals surface area contributed by atoms with Gasteiger partial charge in [-0.25, -0.2) is 0 Å². The maximum atomic E-state index is 9.65. The third-order valence-electron chi connectivity index (χ3n) is 1.89. The van der Waals surface area contributed by atoms with Gasteiger partial charge in [0, 0.05) is 22.8 Å². The number of nitrogens with zero attached hydrogens (tertiary/aromatic N) is 1. The molecule has 0 aromatic carbocycles. The summed E-state index contributed by atoms with van der Waals surface area (Å²) in [5.74, 6) is 0. The van der Waals surface area contributed by atoms with Gasteiger partial charge in [0.1, 0.15) is 6.10 Å². The highest BCUT2D eigenvalue weighted by atomic mass is 79.9. The quantitative estimate of drug-likeness (QED) is 0.787. The number of aromatic nitrogens is 1. The Kier molecular flexibility index (Phi) is 3.84. The molecule has 0 saturated carbocycles. The Morgan fingerprint density at radius 3 is 2.77 bits per heavy atom. The van der Waals surface area contributed by atoms with E-state index >= 15 is 0 Å². The van der Waals surface area contributed by atoms with Crippen LogP contribution in [0.3, 0.4) is 0 Å². The average molecular weight is 246 g/mol. The van der Waals surface area contributed by atoms with Crippen molar-refractivity contribution < 1.29 is 10.2 Å². The number of aryl methyl sites for hydroxylation is 1. The van der Waals surface area contributed by atoms with Gasteiger partial charge < -0.3 is 10.2 Å². The van der Waals surface area contributed by atoms with Crippen molar-refractivity contribution in [2.75, 3.05) is 5.33 Å². The van der Waals surface area contributed by atoms with Crippen LogP contribution in [-0.4, -0.2) is 26.6 Å². The van der Waals surface area contributed by atoms with Gasteiger partial charge in [-0.2, -0.15) is 0 Å². The third kappa shape index (κ3) is 2.49. The van der Waals surface area contributed by atoms with Crippen molar-refractivity contribution in [3.63, 3.8) is 0 Å². The highest BCUT2D eigenvalue weighted by molar-refractivity contribution is 9.09. The number of aliphatic hydroxyl groups excluding tert-OH is 2. The molecule has 0 aliphatic heterocycles. The minimum atomic E-state index is -0.868. The molecule has 0 aliphatic carbocycles. The second-order valence-corrected chi connectivity index (χ2v) is 3.49. The minimum Gasteiger partial charge on any atom is -0.389 e. The van der Waals surface area contributed by atoms with Gasteiger partial charge in [0.05, 0.1) is 6.10 Å². The van der Waals surface area contributed by atoms with Crippen LogP contribution in [0.2, 0.25) is 0 Å². The molecule has 3 nitrogen and oxygen atoms in total. The van der Waals surface area contributed by atoms with Crippen LogP contribution in [0.15, 0.2) is 18.3 Å². The average Bonchev–Trinajstić information content (AvgIpc) is 2.16. The highest BCUT2D eigenvalue weighted by Gasteiger charge is 2.18. The van der Waals surface area contributed by atoms with Crippen LogP contribution in [0, 0.1) is 6.92 Å². The summed E-state index contributed by atoms with van der Waals surface area (Å²) in [5, 5.41) is 19.4. The predicted octanol–water partition coefficient (Wildman–Crippen LogP) is 1.18. The molecule has 1 rings (SSSR count). The molecule has 1 aromatic rings. The standard InChI is InChI=1S/C9H12BrNO2/c1-6-7(3-2-4-11-6)9(13)8(12)5-10/h2-4,8-9,12-13H,5H2,1H3. The molecule has 13 heavy (non-hydrogen) atoms. The zero-order valence-electron chi connectivity index (χ0n) is 7.31. The zero-order valence-corrected chi connectivity index (χ0v) is 8.90. The van der Waals surface area contributed by atoms with Crippen LogP contribution in [0.1, 0.15) is 17.4 Å². The monoisotopic (exact) mass is 245 g/mol. The Labute approximate surface area is 85.6 Å². The summed E-state index contributed by atoms with van der Waals surface area (Å²) in [6.07, 6.45) is 0.00229. The first-order chi connectivity index (χ1) is 6.16. The summed E-state index contributed by atoms with van der Waals surface area (Å²) in [4.78, 5) is 4.03. The molecule has 2 atom stereocenters. The van der Waals surface area contributed by atoms with Crippen LogP contribution >= 0.6 is 15.9 Å². The number of hydrogen-bond acceptors (Lipinski definition) is 3. The number of aliphatic hydroxyl groups is 2. The predicted molar refractivity (Wildman–Crippen MR) is 53.7 cm³/mol. The summed E-state index contributed by atoms with van der Waals surface area (Å²) in [7, 11) is 0. The SMILES string of the molecule is Cc1ncccc1C(O)C(O)CBr. The molecular formula is C9H12BrNO2. The third-order valence-corrected chi connectivity index (χ3v) is 2.55. The molecule has 0 amide bonds. The molecule has 2 N–H and O–H groups in total. The second-order valence-electron chi connectivity index (χ2n) is 2.84. The van der Waals surface area contributed by atoms with Gasteiger partial charge in [0.2, 0.25) is 0 Å². The number of pyridine rings is 1. The van der Waals surface area contributed by atoms with E-state index in [1.165, 1.54) is 0 Å². The summed E-state index contributed by atoms with van der Waals surface area (Å²) in [5.41, 5.74) is 1.42. The lowest BCUT2D eigenvalue weighted by atomic mass is 10.0. The molecule has 0 aliphatic rings. The van der Waals surface area contributed by atoms with Gasteiger partial charge in [-0.05, 0) is 13.0 Å². The normalized spacial score (nSPS) is 15.4. The Balaban J connectivity index is 2.88. The highest BCUT2D eigenvalue weighted by Crippen LogP contribution is 2.19. The fourth-order valence-electron chi connectivity index (χ4n) is 1.10. The van der Waals surface area contributed by atoms with Gasteiger partial charge >= 0.3 is 0 Å². The number of alkyl halides is 1. The van der Waals surface area contributed by atoms with E-state index in [-0.39, 0.29) is 0 Å². The molecule has 4 heteroatoms. The molecule has 0 saturated heterocycles. The first-order valence-electron chi connectivity index (χ1n) is 4.00. The number of rotatable bonds is 3. The van der Waals surface area contributed by atoms with Gasteiger partial charge in [-0.3, -0.25) is 4.98 Å². The summed E-state index contributed by atoms with van der Waals surface area (Å²) < 4.78 is 0. The van der Waals surface area contributed by atoms with Crippen molar-refractivity contribution in [2.45, 2.75) is 19.1 Å². The maximum Gasteiger partial charge on any atom is 0.107 e. The van der Waals surface area contributed by atoms with Crippen LogP contribution in [0.25, 0.3) is 0 Å². The Bertz CT molecular complexity index is 280. The first kappa shape index (κ1) is 10.6. The largest absolute Gasteiger partial charge is 0.389 e. The Morgan fingerprint density at radius 1 is 1.54 bits per heavy atom. The number of halogens is 1. The van der Waals surface area contributed by atoms with E-state index in [1.807, 2.05) is 0 Å². The van der Waals surface area contributed by atoms with Gasteiger partial charge in [0.25, 0.3) is 0 Å². The topological polar surface area (TPSA) is 53.4 Å². The van der Waals surface area contributed by atoms with Gasteiger partial charge in [-0.15, -0.1) is 0 Å². The smallest absolute Gasteiger partial charge is 0.107 e. The molecule has 0 spiro atoms. The molecule has 72 valence electrons. The second kappa shape index (κ2) is 4.69. The lowest BCUT2D eigenvalue weighted by Gasteiger charge is -2.16. The maximum absolute atomic E-state index is 9.65. The summed E-state index contributed by atoms with van der Waals surface area (Å²) >= 11 is 3.11. The van der Waals surface area contributed by atoms with Crippen LogP contribution in [0.4, 0.5) is 0 Å². The van der Waals surface area contributed by atoms with E-state index in [4.69, 9.17) is 0 Å². The van der Waals surface area contributed by atoms with E-state index < -0.39 is 12.2 Å². The van der Waals surface area contributed by atoms with Crippen molar-refractivity contribution in [1.82, 2.24) is 4.98 Å². The van der Waals surface area contributed by atoms with Crippen molar-refractivity contribution in [2.24, 2.45) is 0 Å². The van der Waals surface area contributed by atoms with Gasteiger partial charge in [-0.1, -0.05) is 22.0 Å². The molecule has 0 fully saturated rings. The lowest BCUT2D eigenvalue weighted by molar-refractivity contribution is 0.0336. The van der Waals surface area contributed by atoms with Crippen molar-refractivity contribution in [1.29, 1.82) is 0 Å². The fourth-order valence-corrected chi connectivity index (χ4v) is 1.46. The molecule has 0 radical (unpaired) electrons. The van der Waals surface area contributed by atoms with Crippen LogP contribution < -0.4 is 0 Å². The Hall–Kier alpha value is -0.450. The van der Waals surface area contributed by atoms with Crippen molar-refractivity contribution in [3.8, 4) is 0 Å². The lowest BCUT2D eigenvalue weighted by Crippen LogP contribution is -2.20. The van der Waals surface area contributed by atoms with Crippen molar-refractivity contribution >= 4 is 15.9 Å². The minimum absolute atomic E-state index is 0.350.